The van der Waals surface area contributed by atoms with E-state index >= 15 is 0 Å². The number of hydrogen-bond acceptors (Lipinski definition) is 3. The molecule has 0 radical (unpaired) electrons. The first-order valence-corrected chi connectivity index (χ1v) is 8.98. The molecule has 1 saturated heterocycles. The molecule has 1 aromatic rings. The lowest BCUT2D eigenvalue weighted by molar-refractivity contribution is -0.139. The average molecular weight is 329 g/mol. The van der Waals surface area contributed by atoms with Crippen LogP contribution in [0.2, 0.25) is 0 Å². The summed E-state index contributed by atoms with van der Waals surface area (Å²) < 4.78 is 0. The van der Waals surface area contributed by atoms with E-state index in [-0.39, 0.29) is 24.3 Å². The number of anilines is 1. The van der Waals surface area contributed by atoms with E-state index in [0.717, 1.165) is 36.9 Å². The van der Waals surface area contributed by atoms with E-state index in [4.69, 9.17) is 5.73 Å². The molecule has 2 amide bonds. The molecule has 1 atom stereocenters. The Morgan fingerprint density at radius 1 is 1.17 bits per heavy atom. The summed E-state index contributed by atoms with van der Waals surface area (Å²) in [5.41, 5.74) is 8.23. The van der Waals surface area contributed by atoms with Gasteiger partial charge in [0.15, 0.2) is 0 Å². The standard InChI is InChI=1S/C19H27N3O2/c1-14-7-5-6-10-16(14)22-12-11-21(13-17(22)23)19(24)18(20)15-8-3-2-4-9-15/h5-7,10,15,18H,2-4,8-9,11-13,20H2,1H3. The van der Waals surface area contributed by atoms with Crippen LogP contribution in [-0.2, 0) is 9.59 Å². The summed E-state index contributed by atoms with van der Waals surface area (Å²) in [5.74, 6) is 0.190. The van der Waals surface area contributed by atoms with Gasteiger partial charge in [-0.15, -0.1) is 0 Å². The maximum absolute atomic E-state index is 12.7. The minimum atomic E-state index is -0.455. The number of aryl methyl sites for hydroxylation is 1. The molecule has 5 heteroatoms. The summed E-state index contributed by atoms with van der Waals surface area (Å²) in [6.07, 6.45) is 5.62. The van der Waals surface area contributed by atoms with E-state index < -0.39 is 6.04 Å². The van der Waals surface area contributed by atoms with Crippen molar-refractivity contribution < 1.29 is 9.59 Å². The Bertz CT molecular complexity index is 610. The van der Waals surface area contributed by atoms with Crippen LogP contribution in [0.5, 0.6) is 0 Å². The number of amides is 2. The van der Waals surface area contributed by atoms with Crippen molar-refractivity contribution in [1.82, 2.24) is 4.90 Å². The van der Waals surface area contributed by atoms with Crippen LogP contribution in [0.1, 0.15) is 37.7 Å². The molecule has 1 aliphatic heterocycles. The summed E-state index contributed by atoms with van der Waals surface area (Å²) in [4.78, 5) is 28.7. The second-order valence-electron chi connectivity index (χ2n) is 7.02. The summed E-state index contributed by atoms with van der Waals surface area (Å²) in [6, 6.07) is 7.40. The first-order chi connectivity index (χ1) is 11.6. The lowest BCUT2D eigenvalue weighted by atomic mass is 9.83. The van der Waals surface area contributed by atoms with Crippen molar-refractivity contribution in [3.8, 4) is 0 Å². The topological polar surface area (TPSA) is 66.6 Å². The molecule has 2 fully saturated rings. The van der Waals surface area contributed by atoms with Crippen LogP contribution in [0.4, 0.5) is 5.69 Å². The highest BCUT2D eigenvalue weighted by Crippen LogP contribution is 2.27. The smallest absolute Gasteiger partial charge is 0.246 e. The summed E-state index contributed by atoms with van der Waals surface area (Å²) in [5, 5.41) is 0. The number of piperazine rings is 1. The lowest BCUT2D eigenvalue weighted by Gasteiger charge is -2.37. The van der Waals surface area contributed by atoms with Crippen LogP contribution in [0.25, 0.3) is 0 Å². The highest BCUT2D eigenvalue weighted by atomic mass is 16.2. The summed E-state index contributed by atoms with van der Waals surface area (Å²) >= 11 is 0. The number of para-hydroxylation sites is 1. The van der Waals surface area contributed by atoms with Gasteiger partial charge in [0.2, 0.25) is 11.8 Å². The highest BCUT2D eigenvalue weighted by Gasteiger charge is 2.34. The van der Waals surface area contributed by atoms with Gasteiger partial charge in [-0.2, -0.15) is 0 Å². The van der Waals surface area contributed by atoms with Gasteiger partial charge >= 0.3 is 0 Å². The summed E-state index contributed by atoms with van der Waals surface area (Å²) in [7, 11) is 0. The Hall–Kier alpha value is -1.88. The maximum Gasteiger partial charge on any atom is 0.246 e. The zero-order chi connectivity index (χ0) is 17.1. The molecule has 5 nitrogen and oxygen atoms in total. The van der Waals surface area contributed by atoms with Gasteiger partial charge in [0.25, 0.3) is 0 Å². The van der Waals surface area contributed by atoms with Gasteiger partial charge in [-0.3, -0.25) is 9.59 Å². The van der Waals surface area contributed by atoms with Gasteiger partial charge in [0, 0.05) is 18.8 Å². The molecule has 1 saturated carbocycles. The molecular weight excluding hydrogens is 302 g/mol. The van der Waals surface area contributed by atoms with Gasteiger partial charge in [-0.05, 0) is 37.3 Å². The van der Waals surface area contributed by atoms with Crippen molar-refractivity contribution in [2.75, 3.05) is 24.5 Å². The van der Waals surface area contributed by atoms with Crippen molar-refractivity contribution in [1.29, 1.82) is 0 Å². The molecule has 1 aliphatic carbocycles. The Balaban J connectivity index is 1.63. The minimum absolute atomic E-state index is 0.0280. The van der Waals surface area contributed by atoms with Crippen LogP contribution < -0.4 is 10.6 Å². The number of carbonyl (C=O) groups excluding carboxylic acids is 2. The normalized spacial score (nSPS) is 21.0. The van der Waals surface area contributed by atoms with E-state index in [1.165, 1.54) is 6.42 Å². The molecule has 0 bridgehead atoms. The third-order valence-electron chi connectivity index (χ3n) is 5.38. The Labute approximate surface area is 143 Å². The Morgan fingerprint density at radius 2 is 1.88 bits per heavy atom. The van der Waals surface area contributed by atoms with Crippen molar-refractivity contribution in [3.05, 3.63) is 29.8 Å². The molecule has 3 rings (SSSR count). The predicted octanol–water partition coefficient (Wildman–Crippen LogP) is 2.08. The fourth-order valence-corrected chi connectivity index (χ4v) is 3.89. The predicted molar refractivity (Wildman–Crippen MR) is 94.7 cm³/mol. The first-order valence-electron chi connectivity index (χ1n) is 8.98. The fraction of sp³-hybridized carbons (Fsp3) is 0.579. The molecule has 1 unspecified atom stereocenters. The van der Waals surface area contributed by atoms with Gasteiger partial charge < -0.3 is 15.5 Å². The molecule has 130 valence electrons. The van der Waals surface area contributed by atoms with Crippen molar-refractivity contribution in [3.63, 3.8) is 0 Å². The van der Waals surface area contributed by atoms with E-state index in [9.17, 15) is 9.59 Å². The van der Waals surface area contributed by atoms with Gasteiger partial charge in [0.1, 0.15) is 6.54 Å². The van der Waals surface area contributed by atoms with Crippen LogP contribution >= 0.6 is 0 Å². The van der Waals surface area contributed by atoms with Crippen LogP contribution in [0.15, 0.2) is 24.3 Å². The van der Waals surface area contributed by atoms with Crippen molar-refractivity contribution in [2.45, 2.75) is 45.1 Å². The number of nitrogens with two attached hydrogens (primary N) is 1. The molecule has 2 N–H and O–H groups in total. The van der Waals surface area contributed by atoms with E-state index in [2.05, 4.69) is 0 Å². The molecule has 0 aromatic heterocycles. The maximum atomic E-state index is 12.7. The Morgan fingerprint density at radius 3 is 2.54 bits per heavy atom. The molecule has 1 heterocycles. The summed E-state index contributed by atoms with van der Waals surface area (Å²) in [6.45, 7) is 3.22. The number of nitrogens with zero attached hydrogens (tertiary/aromatic N) is 2. The third kappa shape index (κ3) is 3.46. The van der Waals surface area contributed by atoms with Gasteiger partial charge in [-0.25, -0.2) is 0 Å². The first kappa shape index (κ1) is 17.0. The average Bonchev–Trinajstić information content (AvgIpc) is 2.62. The highest BCUT2D eigenvalue weighted by molar-refractivity contribution is 5.99. The van der Waals surface area contributed by atoms with Crippen molar-refractivity contribution in [2.24, 2.45) is 11.7 Å². The van der Waals surface area contributed by atoms with E-state index in [1.807, 2.05) is 31.2 Å². The van der Waals surface area contributed by atoms with Crippen molar-refractivity contribution >= 4 is 17.5 Å². The zero-order valence-corrected chi connectivity index (χ0v) is 14.4. The second kappa shape index (κ2) is 7.34. The number of hydrogen-bond donors (Lipinski definition) is 1. The fourth-order valence-electron chi connectivity index (χ4n) is 3.89. The lowest BCUT2D eigenvalue weighted by Crippen LogP contribution is -2.57. The van der Waals surface area contributed by atoms with Crippen LogP contribution in [-0.4, -0.2) is 42.4 Å². The minimum Gasteiger partial charge on any atom is -0.330 e. The quantitative estimate of drug-likeness (QED) is 0.923. The Kier molecular flexibility index (Phi) is 5.19. The monoisotopic (exact) mass is 329 g/mol. The largest absolute Gasteiger partial charge is 0.330 e. The van der Waals surface area contributed by atoms with Gasteiger partial charge in [0.05, 0.1) is 6.04 Å². The second-order valence-corrected chi connectivity index (χ2v) is 7.02. The molecule has 1 aromatic carbocycles. The molecular formula is C19H27N3O2. The molecule has 2 aliphatic rings. The van der Waals surface area contributed by atoms with Crippen LogP contribution in [0.3, 0.4) is 0 Å². The van der Waals surface area contributed by atoms with Gasteiger partial charge in [-0.1, -0.05) is 37.5 Å². The molecule has 24 heavy (non-hydrogen) atoms. The van der Waals surface area contributed by atoms with E-state index in [1.54, 1.807) is 9.80 Å². The molecule has 0 spiro atoms. The van der Waals surface area contributed by atoms with E-state index in [0.29, 0.717) is 13.1 Å². The number of rotatable bonds is 3. The third-order valence-corrected chi connectivity index (χ3v) is 5.38. The zero-order valence-electron chi connectivity index (χ0n) is 14.4. The number of benzene rings is 1. The number of carbonyl (C=O) groups is 2. The van der Waals surface area contributed by atoms with Crippen LogP contribution in [0, 0.1) is 12.8 Å². The SMILES string of the molecule is Cc1ccccc1N1CCN(C(=O)C(N)C2CCCCC2)CC1=O.